The molecule has 2 aromatic rings. The van der Waals surface area contributed by atoms with Crippen LogP contribution in [0.15, 0.2) is 48.5 Å². The largest absolute Gasteiger partial charge is 0.497 e. The van der Waals surface area contributed by atoms with Crippen LogP contribution in [0.4, 0.5) is 5.69 Å². The van der Waals surface area contributed by atoms with Gasteiger partial charge in [0.15, 0.2) is 0 Å². The van der Waals surface area contributed by atoms with Gasteiger partial charge >= 0.3 is 0 Å². The zero-order chi connectivity index (χ0) is 14.5. The van der Waals surface area contributed by atoms with Crippen molar-refractivity contribution in [2.24, 2.45) is 5.84 Å². The predicted molar refractivity (Wildman–Crippen MR) is 82.9 cm³/mol. The average Bonchev–Trinajstić information content (AvgIpc) is 2.49. The van der Waals surface area contributed by atoms with Crippen LogP contribution < -0.4 is 20.9 Å². The molecule has 4 nitrogen and oxygen atoms in total. The van der Waals surface area contributed by atoms with E-state index in [1.54, 1.807) is 7.11 Å². The Hall–Kier alpha value is -2.04. The van der Waals surface area contributed by atoms with E-state index in [0.29, 0.717) is 0 Å². The van der Waals surface area contributed by atoms with Gasteiger partial charge in [0.25, 0.3) is 0 Å². The number of benzene rings is 2. The van der Waals surface area contributed by atoms with Gasteiger partial charge in [-0.2, -0.15) is 0 Å². The van der Waals surface area contributed by atoms with Crippen LogP contribution in [0.5, 0.6) is 5.75 Å². The molecule has 0 bridgehead atoms. The second-order valence-corrected chi connectivity index (χ2v) is 4.86. The second-order valence-electron chi connectivity index (χ2n) is 4.86. The molecule has 0 spiro atoms. The van der Waals surface area contributed by atoms with Crippen LogP contribution in [0, 0.1) is 0 Å². The second kappa shape index (κ2) is 6.41. The molecule has 0 aliphatic carbocycles. The molecule has 1 atom stereocenters. The molecule has 0 aliphatic heterocycles. The fraction of sp³-hybridized carbons (Fsp3) is 0.250. The molecule has 0 heterocycles. The molecule has 106 valence electrons. The minimum Gasteiger partial charge on any atom is -0.497 e. The highest BCUT2D eigenvalue weighted by molar-refractivity contribution is 5.48. The lowest BCUT2D eigenvalue weighted by Crippen LogP contribution is -2.28. The maximum absolute atomic E-state index is 5.72. The van der Waals surface area contributed by atoms with E-state index in [2.05, 4.69) is 34.6 Å². The summed E-state index contributed by atoms with van der Waals surface area (Å²) in [6, 6.07) is 16.2. The summed E-state index contributed by atoms with van der Waals surface area (Å²) in [6.45, 7) is 0. The number of rotatable bonds is 5. The molecule has 1 unspecified atom stereocenters. The number of nitrogens with one attached hydrogen (secondary N) is 1. The molecule has 3 N–H and O–H groups in total. The van der Waals surface area contributed by atoms with E-state index in [0.717, 1.165) is 22.6 Å². The van der Waals surface area contributed by atoms with E-state index < -0.39 is 0 Å². The van der Waals surface area contributed by atoms with Crippen LogP contribution in [-0.2, 0) is 0 Å². The summed E-state index contributed by atoms with van der Waals surface area (Å²) in [5.74, 6) is 6.55. The van der Waals surface area contributed by atoms with Gasteiger partial charge in [0.05, 0.1) is 13.2 Å². The molecular weight excluding hydrogens is 250 g/mol. The smallest absolute Gasteiger partial charge is 0.119 e. The van der Waals surface area contributed by atoms with Crippen LogP contribution in [0.3, 0.4) is 0 Å². The van der Waals surface area contributed by atoms with Crippen molar-refractivity contribution in [2.75, 3.05) is 26.1 Å². The highest BCUT2D eigenvalue weighted by Gasteiger charge is 2.13. The molecule has 4 heteroatoms. The molecule has 0 saturated carbocycles. The van der Waals surface area contributed by atoms with Crippen LogP contribution in [0.2, 0.25) is 0 Å². The van der Waals surface area contributed by atoms with Gasteiger partial charge < -0.3 is 9.64 Å². The van der Waals surface area contributed by atoms with Crippen LogP contribution >= 0.6 is 0 Å². The number of nitrogens with zero attached hydrogens (tertiary/aromatic N) is 1. The molecule has 20 heavy (non-hydrogen) atoms. The topological polar surface area (TPSA) is 50.5 Å². The molecule has 0 aromatic heterocycles. The fourth-order valence-corrected chi connectivity index (χ4v) is 2.17. The molecule has 0 fully saturated rings. The van der Waals surface area contributed by atoms with Crippen molar-refractivity contribution in [2.45, 2.75) is 6.04 Å². The Kier molecular flexibility index (Phi) is 4.61. The van der Waals surface area contributed by atoms with E-state index in [9.17, 15) is 0 Å². The Morgan fingerprint density at radius 2 is 1.75 bits per heavy atom. The van der Waals surface area contributed by atoms with Crippen molar-refractivity contribution in [3.63, 3.8) is 0 Å². The normalized spacial score (nSPS) is 12.0. The van der Waals surface area contributed by atoms with E-state index >= 15 is 0 Å². The van der Waals surface area contributed by atoms with E-state index in [1.165, 1.54) is 0 Å². The van der Waals surface area contributed by atoms with Crippen molar-refractivity contribution in [1.82, 2.24) is 5.43 Å². The SMILES string of the molecule is COc1cccc(C(NN)c2ccc(N(C)C)cc2)c1. The minimum atomic E-state index is -0.0543. The number of ether oxygens (including phenoxy) is 1. The quantitative estimate of drug-likeness (QED) is 0.647. The number of hydrazine groups is 1. The highest BCUT2D eigenvalue weighted by Crippen LogP contribution is 2.26. The zero-order valence-corrected chi connectivity index (χ0v) is 12.1. The minimum absolute atomic E-state index is 0.0543. The number of hydrogen-bond acceptors (Lipinski definition) is 4. The number of hydrogen-bond donors (Lipinski definition) is 2. The first-order valence-corrected chi connectivity index (χ1v) is 6.53. The summed E-state index contributed by atoms with van der Waals surface area (Å²) in [5, 5.41) is 0. The summed E-state index contributed by atoms with van der Waals surface area (Å²) in [7, 11) is 5.71. The van der Waals surface area contributed by atoms with Gasteiger partial charge in [-0.05, 0) is 35.4 Å². The van der Waals surface area contributed by atoms with Crippen LogP contribution in [-0.4, -0.2) is 21.2 Å². The first kappa shape index (κ1) is 14.4. The summed E-state index contributed by atoms with van der Waals surface area (Å²) >= 11 is 0. The Balaban J connectivity index is 2.31. The van der Waals surface area contributed by atoms with Crippen molar-refractivity contribution >= 4 is 5.69 Å². The Morgan fingerprint density at radius 1 is 1.05 bits per heavy atom. The van der Waals surface area contributed by atoms with Crippen LogP contribution in [0.25, 0.3) is 0 Å². The molecular formula is C16H21N3O. The van der Waals surface area contributed by atoms with Gasteiger partial charge in [0.2, 0.25) is 0 Å². The van der Waals surface area contributed by atoms with E-state index in [4.69, 9.17) is 10.6 Å². The lowest BCUT2D eigenvalue weighted by molar-refractivity contribution is 0.413. The van der Waals surface area contributed by atoms with E-state index in [1.807, 2.05) is 38.4 Å². The third kappa shape index (κ3) is 3.10. The lowest BCUT2D eigenvalue weighted by Gasteiger charge is -2.19. The molecule has 0 aliphatic rings. The summed E-state index contributed by atoms with van der Waals surface area (Å²) in [4.78, 5) is 2.07. The lowest BCUT2D eigenvalue weighted by atomic mass is 9.99. The Bertz CT molecular complexity index is 552. The standard InChI is InChI=1S/C16H21N3O/c1-19(2)14-9-7-12(8-10-14)16(18-17)13-5-4-6-15(11-13)20-3/h4-11,16,18H,17H2,1-3H3. The van der Waals surface area contributed by atoms with Crippen molar-refractivity contribution in [3.05, 3.63) is 59.7 Å². The van der Waals surface area contributed by atoms with Crippen LogP contribution in [0.1, 0.15) is 17.2 Å². The zero-order valence-electron chi connectivity index (χ0n) is 12.1. The van der Waals surface area contributed by atoms with Gasteiger partial charge in [0.1, 0.15) is 5.75 Å². The monoisotopic (exact) mass is 271 g/mol. The third-order valence-corrected chi connectivity index (χ3v) is 3.34. The molecule has 0 amide bonds. The van der Waals surface area contributed by atoms with Crippen molar-refractivity contribution in [1.29, 1.82) is 0 Å². The first-order valence-electron chi connectivity index (χ1n) is 6.53. The van der Waals surface area contributed by atoms with Gasteiger partial charge in [-0.15, -0.1) is 0 Å². The number of nitrogens with two attached hydrogens (primary N) is 1. The first-order chi connectivity index (χ1) is 9.65. The fourth-order valence-electron chi connectivity index (χ4n) is 2.17. The molecule has 0 saturated heterocycles. The molecule has 0 radical (unpaired) electrons. The highest BCUT2D eigenvalue weighted by atomic mass is 16.5. The predicted octanol–water partition coefficient (Wildman–Crippen LogP) is 2.31. The van der Waals surface area contributed by atoms with Gasteiger partial charge in [0, 0.05) is 19.8 Å². The van der Waals surface area contributed by atoms with Gasteiger partial charge in [-0.25, -0.2) is 5.43 Å². The molecule has 2 aromatic carbocycles. The van der Waals surface area contributed by atoms with Gasteiger partial charge in [-0.3, -0.25) is 5.84 Å². The number of methoxy groups -OCH3 is 1. The summed E-state index contributed by atoms with van der Waals surface area (Å²) < 4.78 is 5.26. The maximum atomic E-state index is 5.72. The maximum Gasteiger partial charge on any atom is 0.119 e. The summed E-state index contributed by atoms with van der Waals surface area (Å²) in [5.41, 5.74) is 6.22. The summed E-state index contributed by atoms with van der Waals surface area (Å²) in [6.07, 6.45) is 0. The van der Waals surface area contributed by atoms with Crippen molar-refractivity contribution < 1.29 is 4.74 Å². The Morgan fingerprint density at radius 3 is 2.30 bits per heavy atom. The van der Waals surface area contributed by atoms with Crippen molar-refractivity contribution in [3.8, 4) is 5.75 Å². The average molecular weight is 271 g/mol. The molecule has 2 rings (SSSR count). The van der Waals surface area contributed by atoms with Gasteiger partial charge in [-0.1, -0.05) is 24.3 Å². The van der Waals surface area contributed by atoms with E-state index in [-0.39, 0.29) is 6.04 Å². The Labute approximate surface area is 120 Å². The third-order valence-electron chi connectivity index (χ3n) is 3.34. The number of anilines is 1.